The van der Waals surface area contributed by atoms with E-state index in [2.05, 4.69) is 72.3 Å². The molecule has 8 heteroatoms. The van der Waals surface area contributed by atoms with Crippen molar-refractivity contribution < 1.29 is 0 Å². The minimum Gasteiger partial charge on any atom is -0.342 e. The van der Waals surface area contributed by atoms with E-state index in [1.54, 1.807) is 0 Å². The Morgan fingerprint density at radius 1 is 0.571 bits per heavy atom. The Morgan fingerprint density at radius 3 is 1.38 bits per heavy atom. The minimum atomic E-state index is 0.352. The third-order valence-corrected chi connectivity index (χ3v) is 9.90. The summed E-state index contributed by atoms with van der Waals surface area (Å²) < 4.78 is 0. The maximum absolute atomic E-state index is 6.11. The molecule has 6 N–H and O–H groups in total. The van der Waals surface area contributed by atoms with Gasteiger partial charge in [0.15, 0.2) is 0 Å². The predicted octanol–water partition coefficient (Wildman–Crippen LogP) is 5.77. The molecule has 4 heterocycles. The molecule has 0 spiro atoms. The molecule has 42 heavy (non-hydrogen) atoms. The maximum Gasteiger partial charge on any atom is 0.107 e. The minimum absolute atomic E-state index is 0.352. The van der Waals surface area contributed by atoms with Crippen molar-refractivity contribution in [2.75, 3.05) is 0 Å². The van der Waals surface area contributed by atoms with Gasteiger partial charge in [0.2, 0.25) is 0 Å². The van der Waals surface area contributed by atoms with Crippen LogP contribution in [0.25, 0.3) is 55.6 Å². The number of hydrogen-bond acceptors (Lipinski definition) is 6. The van der Waals surface area contributed by atoms with Crippen molar-refractivity contribution in [2.24, 2.45) is 35.1 Å². The first kappa shape index (κ1) is 25.6. The van der Waals surface area contributed by atoms with Gasteiger partial charge >= 0.3 is 0 Å². The molecule has 8 nitrogen and oxygen atoms in total. The molecule has 0 saturated heterocycles. The van der Waals surface area contributed by atoms with Gasteiger partial charge in [-0.25, -0.2) is 19.9 Å². The third kappa shape index (κ3) is 4.55. The maximum atomic E-state index is 6.11. The largest absolute Gasteiger partial charge is 0.342 e. The molecule has 212 valence electrons. The van der Waals surface area contributed by atoms with Gasteiger partial charge in [0, 0.05) is 36.1 Å². The molecular weight excluding hydrogens is 520 g/mol. The molecule has 0 radical (unpaired) electrons. The van der Waals surface area contributed by atoms with Crippen molar-refractivity contribution in [1.29, 1.82) is 0 Å². The number of pyridine rings is 2. The van der Waals surface area contributed by atoms with Gasteiger partial charge in [-0.15, -0.1) is 0 Å². The first-order valence-electron chi connectivity index (χ1n) is 15.2. The molecule has 6 unspecified atom stereocenters. The Balaban J connectivity index is 1.00. The van der Waals surface area contributed by atoms with E-state index < -0.39 is 0 Å². The molecule has 2 fully saturated rings. The number of nitrogens with one attached hydrogen (secondary N) is 2. The number of imidazole rings is 2. The van der Waals surface area contributed by atoms with Gasteiger partial charge in [-0.05, 0) is 85.0 Å². The van der Waals surface area contributed by atoms with E-state index in [1.165, 1.54) is 0 Å². The fraction of sp³-hybridized carbons (Fsp3) is 0.353. The molecule has 0 bridgehead atoms. The molecule has 0 amide bonds. The summed E-state index contributed by atoms with van der Waals surface area (Å²) in [6.07, 6.45) is 4.03. The molecule has 6 atom stereocenters. The van der Waals surface area contributed by atoms with Crippen molar-refractivity contribution in [2.45, 2.75) is 51.6 Å². The van der Waals surface area contributed by atoms with Gasteiger partial charge in [0.1, 0.15) is 11.6 Å². The smallest absolute Gasteiger partial charge is 0.107 e. The second kappa shape index (κ2) is 9.71. The highest BCUT2D eigenvalue weighted by Crippen LogP contribution is 2.40. The predicted molar refractivity (Wildman–Crippen MR) is 168 cm³/mol. The number of aromatic nitrogens is 6. The Bertz CT molecular complexity index is 1800. The third-order valence-electron chi connectivity index (χ3n) is 9.90. The normalized spacial score (nSPS) is 25.0. The number of rotatable bonds is 8. The Kier molecular flexibility index (Phi) is 5.91. The molecule has 2 aliphatic rings. The van der Waals surface area contributed by atoms with Crippen LogP contribution in [0.15, 0.2) is 60.7 Å². The standard InChI is InChI=1S/C34H36N8/c1-17-21(33(17)35)5-13-31-39-27-7-3-19(15-29(27)41-31)23-9-11-26-25(37-23)12-10-24(38-26)20-4-8-28-30(16-20)42-32(40-28)14-6-22-18(2)34(22)36/h3-4,7-12,15-18,21-22,33-34H,5-6,13-14,35-36H2,1-2H3,(H,39,41)(H,40,42). The number of aromatic amines is 2. The molecule has 4 aromatic heterocycles. The van der Waals surface area contributed by atoms with Crippen LogP contribution in [0.5, 0.6) is 0 Å². The molecular formula is C34H36N8. The van der Waals surface area contributed by atoms with Crippen LogP contribution < -0.4 is 11.5 Å². The van der Waals surface area contributed by atoms with Crippen LogP contribution in [0.3, 0.4) is 0 Å². The molecule has 2 saturated carbocycles. The highest BCUT2D eigenvalue weighted by molar-refractivity contribution is 5.86. The van der Waals surface area contributed by atoms with Gasteiger partial charge in [0.25, 0.3) is 0 Å². The van der Waals surface area contributed by atoms with E-state index >= 15 is 0 Å². The number of benzene rings is 2. The van der Waals surface area contributed by atoms with E-state index in [9.17, 15) is 0 Å². The van der Waals surface area contributed by atoms with E-state index in [1.807, 2.05) is 12.1 Å². The zero-order valence-corrected chi connectivity index (χ0v) is 24.0. The Labute approximate surface area is 244 Å². The highest BCUT2D eigenvalue weighted by Gasteiger charge is 2.43. The topological polar surface area (TPSA) is 135 Å². The zero-order chi connectivity index (χ0) is 28.5. The quantitative estimate of drug-likeness (QED) is 0.188. The van der Waals surface area contributed by atoms with Crippen molar-refractivity contribution >= 4 is 33.1 Å². The summed E-state index contributed by atoms with van der Waals surface area (Å²) in [5.41, 5.74) is 21.9. The average Bonchev–Trinajstić information content (AvgIpc) is 3.55. The van der Waals surface area contributed by atoms with Crippen molar-refractivity contribution in [1.82, 2.24) is 29.9 Å². The fourth-order valence-electron chi connectivity index (χ4n) is 6.69. The van der Waals surface area contributed by atoms with E-state index in [4.69, 9.17) is 31.4 Å². The number of H-pyrrole nitrogens is 2. The summed E-state index contributed by atoms with van der Waals surface area (Å²) >= 11 is 0. The van der Waals surface area contributed by atoms with Gasteiger partial charge < -0.3 is 21.4 Å². The summed E-state index contributed by atoms with van der Waals surface area (Å²) in [5.74, 6) is 4.56. The summed E-state index contributed by atoms with van der Waals surface area (Å²) in [7, 11) is 0. The number of nitrogens with zero attached hydrogens (tertiary/aromatic N) is 4. The lowest BCUT2D eigenvalue weighted by molar-refractivity contribution is 0.652. The molecule has 2 aromatic carbocycles. The first-order valence-corrected chi connectivity index (χ1v) is 15.2. The summed E-state index contributed by atoms with van der Waals surface area (Å²) in [4.78, 5) is 26.5. The van der Waals surface area contributed by atoms with Crippen LogP contribution in [-0.2, 0) is 12.8 Å². The van der Waals surface area contributed by atoms with Crippen molar-refractivity contribution in [3.8, 4) is 22.5 Å². The SMILES string of the molecule is CC1C(N)C1CCc1nc2ccc(-c3ccc4nc(-c5ccc6nc(CCC7C(C)C7N)[nH]c6c5)ccc4n3)cc2[nH]1. The monoisotopic (exact) mass is 556 g/mol. The molecule has 8 rings (SSSR count). The lowest BCUT2D eigenvalue weighted by Gasteiger charge is -2.06. The van der Waals surface area contributed by atoms with Crippen LogP contribution >= 0.6 is 0 Å². The van der Waals surface area contributed by atoms with Gasteiger partial charge in [0.05, 0.1) is 44.5 Å². The number of hydrogen-bond donors (Lipinski definition) is 4. The lowest BCUT2D eigenvalue weighted by atomic mass is 10.1. The van der Waals surface area contributed by atoms with Crippen molar-refractivity contribution in [3.63, 3.8) is 0 Å². The Hall–Kier alpha value is -4.14. The van der Waals surface area contributed by atoms with Gasteiger partial charge in [-0.1, -0.05) is 26.0 Å². The van der Waals surface area contributed by atoms with Crippen LogP contribution in [0.4, 0.5) is 0 Å². The molecule has 0 aliphatic heterocycles. The number of fused-ring (bicyclic) bond motifs is 3. The van der Waals surface area contributed by atoms with E-state index in [0.29, 0.717) is 35.8 Å². The summed E-state index contributed by atoms with van der Waals surface area (Å²) in [6.45, 7) is 4.46. The van der Waals surface area contributed by atoms with Crippen LogP contribution in [0.1, 0.15) is 38.3 Å². The first-order chi connectivity index (χ1) is 20.4. The van der Waals surface area contributed by atoms with Crippen LogP contribution in [0, 0.1) is 23.7 Å². The van der Waals surface area contributed by atoms with E-state index in [-0.39, 0.29) is 0 Å². The van der Waals surface area contributed by atoms with E-state index in [0.717, 1.165) is 92.9 Å². The number of nitrogens with two attached hydrogens (primary N) is 2. The van der Waals surface area contributed by atoms with Crippen LogP contribution in [-0.4, -0.2) is 42.0 Å². The fourth-order valence-corrected chi connectivity index (χ4v) is 6.69. The Morgan fingerprint density at radius 2 is 0.976 bits per heavy atom. The van der Waals surface area contributed by atoms with Crippen molar-refractivity contribution in [3.05, 3.63) is 72.3 Å². The average molecular weight is 557 g/mol. The molecule has 2 aliphatic carbocycles. The van der Waals surface area contributed by atoms with Gasteiger partial charge in [-0.2, -0.15) is 0 Å². The summed E-state index contributed by atoms with van der Waals surface area (Å²) in [6, 6.07) is 21.5. The second-order valence-electron chi connectivity index (χ2n) is 12.5. The van der Waals surface area contributed by atoms with Gasteiger partial charge in [-0.3, -0.25) is 0 Å². The van der Waals surface area contributed by atoms with Crippen LogP contribution in [0.2, 0.25) is 0 Å². The number of aryl methyl sites for hydroxylation is 2. The lowest BCUT2D eigenvalue weighted by Crippen LogP contribution is -2.03. The highest BCUT2D eigenvalue weighted by atomic mass is 14.9. The summed E-state index contributed by atoms with van der Waals surface area (Å²) in [5, 5.41) is 0. The zero-order valence-electron chi connectivity index (χ0n) is 24.0. The second-order valence-corrected chi connectivity index (χ2v) is 12.5. The molecule has 6 aromatic rings.